The molecule has 0 spiro atoms. The first kappa shape index (κ1) is 16.3. The summed E-state index contributed by atoms with van der Waals surface area (Å²) in [6, 6.07) is 15.6. The molecule has 1 N–H and O–H groups in total. The largest absolute Gasteiger partial charge is 0.465 e. The maximum absolute atomic E-state index is 11.9. The molecule has 0 aliphatic heterocycles. The Balaban J connectivity index is 1.77. The molecule has 1 amide bonds. The number of hydrogen-bond acceptors (Lipinski definition) is 3. The predicted octanol–water partition coefficient (Wildman–Crippen LogP) is 3.49. The second-order valence-corrected chi connectivity index (χ2v) is 4.91. The van der Waals surface area contributed by atoms with Gasteiger partial charge in [-0.3, -0.25) is 4.79 Å². The van der Waals surface area contributed by atoms with Crippen molar-refractivity contribution in [3.63, 3.8) is 0 Å². The van der Waals surface area contributed by atoms with Crippen LogP contribution in [0.4, 0.5) is 0 Å². The molecule has 2 rings (SSSR count). The summed E-state index contributed by atoms with van der Waals surface area (Å²) < 4.78 is 5.13. The van der Waals surface area contributed by atoms with Gasteiger partial charge in [-0.2, -0.15) is 5.26 Å². The van der Waals surface area contributed by atoms with E-state index in [-0.39, 0.29) is 11.5 Å². The first-order valence-corrected chi connectivity index (χ1v) is 7.43. The van der Waals surface area contributed by atoms with E-state index in [0.717, 1.165) is 12.8 Å². The number of carbonyl (C=O) groups excluding carboxylic acids is 1. The number of benzene rings is 1. The fourth-order valence-electron chi connectivity index (χ4n) is 2.02. The normalized spacial score (nSPS) is 11.3. The zero-order chi connectivity index (χ0) is 16.3. The van der Waals surface area contributed by atoms with E-state index < -0.39 is 0 Å². The van der Waals surface area contributed by atoms with E-state index in [1.165, 1.54) is 11.6 Å². The number of hydrogen-bond donors (Lipinski definition) is 1. The number of nitrogens with zero attached hydrogens (tertiary/aromatic N) is 1. The third kappa shape index (κ3) is 5.68. The summed E-state index contributed by atoms with van der Waals surface area (Å²) in [4.78, 5) is 11.9. The van der Waals surface area contributed by atoms with Gasteiger partial charge in [-0.05, 0) is 42.7 Å². The molecule has 0 aliphatic rings. The fourth-order valence-corrected chi connectivity index (χ4v) is 2.02. The molecule has 1 aromatic heterocycles. The molecule has 0 saturated carbocycles. The van der Waals surface area contributed by atoms with Crippen molar-refractivity contribution >= 4 is 12.0 Å². The van der Waals surface area contributed by atoms with E-state index in [4.69, 9.17) is 9.68 Å². The summed E-state index contributed by atoms with van der Waals surface area (Å²) in [5.74, 6) is 0.312. The molecule has 0 atom stereocenters. The molecular formula is C19H18N2O2. The molecule has 0 radical (unpaired) electrons. The number of furan rings is 1. The molecule has 0 aliphatic carbocycles. The second kappa shape index (κ2) is 9.06. The molecule has 4 nitrogen and oxygen atoms in total. The van der Waals surface area contributed by atoms with Crippen LogP contribution in [0.3, 0.4) is 0 Å². The average Bonchev–Trinajstić information content (AvgIpc) is 3.10. The maximum atomic E-state index is 11.9. The number of aryl methyl sites for hydroxylation is 1. The third-order valence-electron chi connectivity index (χ3n) is 3.20. The van der Waals surface area contributed by atoms with E-state index in [0.29, 0.717) is 12.3 Å². The van der Waals surface area contributed by atoms with Crippen LogP contribution in [-0.4, -0.2) is 12.5 Å². The maximum Gasteiger partial charge on any atom is 0.261 e. The van der Waals surface area contributed by atoms with E-state index in [2.05, 4.69) is 17.4 Å². The monoisotopic (exact) mass is 306 g/mol. The van der Waals surface area contributed by atoms with Gasteiger partial charge in [0.15, 0.2) is 0 Å². The summed E-state index contributed by atoms with van der Waals surface area (Å²) in [6.07, 6.45) is 8.09. The number of allylic oxidation sites excluding steroid dienone is 2. The molecule has 4 heteroatoms. The standard InChI is InChI=1S/C19H18N2O2/c20-15-17(10-4-11-18-12-6-14-23-18)19(22)21-13-5-9-16-7-2-1-3-8-16/h1-4,6-8,10-12,14H,5,9,13H2,(H,21,22)/b11-4+,17-10-. The van der Waals surface area contributed by atoms with E-state index >= 15 is 0 Å². The Hall–Kier alpha value is -3.06. The van der Waals surface area contributed by atoms with E-state index in [1.807, 2.05) is 24.3 Å². The molecule has 1 heterocycles. The molecule has 2 aromatic rings. The van der Waals surface area contributed by atoms with Crippen LogP contribution in [0.1, 0.15) is 17.7 Å². The van der Waals surface area contributed by atoms with Crippen molar-refractivity contribution < 1.29 is 9.21 Å². The summed E-state index contributed by atoms with van der Waals surface area (Å²) in [6.45, 7) is 0.536. The Morgan fingerprint density at radius 3 is 2.74 bits per heavy atom. The second-order valence-electron chi connectivity index (χ2n) is 4.91. The highest BCUT2D eigenvalue weighted by atomic mass is 16.3. The van der Waals surface area contributed by atoms with Crippen LogP contribution in [0.5, 0.6) is 0 Å². The highest BCUT2D eigenvalue weighted by Crippen LogP contribution is 2.04. The van der Waals surface area contributed by atoms with Crippen LogP contribution in [-0.2, 0) is 11.2 Å². The van der Waals surface area contributed by atoms with Gasteiger partial charge in [-0.25, -0.2) is 0 Å². The lowest BCUT2D eigenvalue weighted by atomic mass is 10.1. The highest BCUT2D eigenvalue weighted by Gasteiger charge is 2.06. The smallest absolute Gasteiger partial charge is 0.261 e. The minimum Gasteiger partial charge on any atom is -0.465 e. The van der Waals surface area contributed by atoms with Crippen LogP contribution < -0.4 is 5.32 Å². The van der Waals surface area contributed by atoms with Crippen LogP contribution >= 0.6 is 0 Å². The summed E-state index contributed by atoms with van der Waals surface area (Å²) in [7, 11) is 0. The Morgan fingerprint density at radius 2 is 2.04 bits per heavy atom. The number of nitrogens with one attached hydrogen (secondary N) is 1. The Kier molecular flexibility index (Phi) is 6.43. The summed E-state index contributed by atoms with van der Waals surface area (Å²) in [5.41, 5.74) is 1.31. The van der Waals surface area contributed by atoms with Gasteiger partial charge in [0.05, 0.1) is 6.26 Å². The number of amides is 1. The molecule has 116 valence electrons. The van der Waals surface area contributed by atoms with E-state index in [9.17, 15) is 4.79 Å². The topological polar surface area (TPSA) is 66.0 Å². The molecule has 0 fully saturated rings. The fraction of sp³-hybridized carbons (Fsp3) is 0.158. The SMILES string of the molecule is N#C/C(=C/C=C/c1ccco1)C(=O)NCCCc1ccccc1. The van der Waals surface area contributed by atoms with Gasteiger partial charge < -0.3 is 9.73 Å². The molecule has 23 heavy (non-hydrogen) atoms. The Labute approximate surface area is 135 Å². The first-order chi connectivity index (χ1) is 11.3. The molecular weight excluding hydrogens is 288 g/mol. The number of nitriles is 1. The van der Waals surface area contributed by atoms with Crippen LogP contribution in [0.15, 0.2) is 70.9 Å². The molecule has 0 saturated heterocycles. The van der Waals surface area contributed by atoms with Gasteiger partial charge in [0.2, 0.25) is 0 Å². The van der Waals surface area contributed by atoms with Gasteiger partial charge >= 0.3 is 0 Å². The highest BCUT2D eigenvalue weighted by molar-refractivity contribution is 5.97. The predicted molar refractivity (Wildman–Crippen MR) is 89.2 cm³/mol. The van der Waals surface area contributed by atoms with Crippen molar-refractivity contribution in [2.45, 2.75) is 12.8 Å². The zero-order valence-corrected chi connectivity index (χ0v) is 12.7. The van der Waals surface area contributed by atoms with Gasteiger partial charge in [-0.1, -0.05) is 36.4 Å². The quantitative estimate of drug-likeness (QED) is 0.368. The number of rotatable bonds is 7. The molecule has 1 aromatic carbocycles. The Morgan fingerprint density at radius 1 is 1.22 bits per heavy atom. The van der Waals surface area contributed by atoms with Crippen molar-refractivity contribution in [2.24, 2.45) is 0 Å². The van der Waals surface area contributed by atoms with Crippen molar-refractivity contribution in [1.29, 1.82) is 5.26 Å². The lowest BCUT2D eigenvalue weighted by Gasteiger charge is -2.04. The van der Waals surface area contributed by atoms with Crippen molar-refractivity contribution in [3.05, 3.63) is 77.8 Å². The average molecular weight is 306 g/mol. The van der Waals surface area contributed by atoms with Crippen LogP contribution in [0, 0.1) is 11.3 Å². The van der Waals surface area contributed by atoms with Gasteiger partial charge in [-0.15, -0.1) is 0 Å². The van der Waals surface area contributed by atoms with Crippen LogP contribution in [0.25, 0.3) is 6.08 Å². The molecule has 0 unspecified atom stereocenters. The lowest BCUT2D eigenvalue weighted by molar-refractivity contribution is -0.117. The van der Waals surface area contributed by atoms with Gasteiger partial charge in [0, 0.05) is 6.54 Å². The Bertz CT molecular complexity index is 708. The third-order valence-corrected chi connectivity index (χ3v) is 3.20. The van der Waals surface area contributed by atoms with Crippen molar-refractivity contribution in [1.82, 2.24) is 5.32 Å². The van der Waals surface area contributed by atoms with Gasteiger partial charge in [0.25, 0.3) is 5.91 Å². The number of carbonyl (C=O) groups is 1. The lowest BCUT2D eigenvalue weighted by Crippen LogP contribution is -2.25. The summed E-state index contributed by atoms with van der Waals surface area (Å²) in [5, 5.41) is 11.8. The minimum absolute atomic E-state index is 0.0764. The van der Waals surface area contributed by atoms with Crippen molar-refractivity contribution in [3.8, 4) is 6.07 Å². The summed E-state index contributed by atoms with van der Waals surface area (Å²) >= 11 is 0. The zero-order valence-electron chi connectivity index (χ0n) is 12.7. The van der Waals surface area contributed by atoms with Crippen LogP contribution in [0.2, 0.25) is 0 Å². The van der Waals surface area contributed by atoms with Crippen molar-refractivity contribution in [2.75, 3.05) is 6.54 Å². The minimum atomic E-state index is -0.357. The van der Waals surface area contributed by atoms with Gasteiger partial charge in [0.1, 0.15) is 17.4 Å². The van der Waals surface area contributed by atoms with E-state index in [1.54, 1.807) is 30.5 Å². The first-order valence-electron chi connectivity index (χ1n) is 7.43. The molecule has 0 bridgehead atoms.